The Morgan fingerprint density at radius 3 is 2.83 bits per heavy atom. The van der Waals surface area contributed by atoms with Crippen LogP contribution in [0, 0.1) is 5.82 Å². The highest BCUT2D eigenvalue weighted by Gasteiger charge is 2.12. The van der Waals surface area contributed by atoms with Crippen molar-refractivity contribution in [1.82, 2.24) is 9.55 Å². The van der Waals surface area contributed by atoms with Gasteiger partial charge in [0.2, 0.25) is 0 Å². The van der Waals surface area contributed by atoms with Crippen LogP contribution in [0.4, 0.5) is 4.39 Å². The first-order valence-electron chi connectivity index (χ1n) is 5.96. The molecule has 0 amide bonds. The zero-order valence-electron chi connectivity index (χ0n) is 10.9. The van der Waals surface area contributed by atoms with Crippen LogP contribution < -0.4 is 4.74 Å². The van der Waals surface area contributed by atoms with Gasteiger partial charge in [0.15, 0.2) is 11.6 Å². The van der Waals surface area contributed by atoms with E-state index in [4.69, 9.17) is 4.74 Å². The van der Waals surface area contributed by atoms with Crippen molar-refractivity contribution in [2.24, 2.45) is 0 Å². The van der Waals surface area contributed by atoms with E-state index in [9.17, 15) is 4.39 Å². The fourth-order valence-electron chi connectivity index (χ4n) is 1.97. The van der Waals surface area contributed by atoms with E-state index in [0.29, 0.717) is 18.0 Å². The molecule has 0 saturated carbocycles. The molecule has 18 heavy (non-hydrogen) atoms. The van der Waals surface area contributed by atoms with Crippen LogP contribution in [0.3, 0.4) is 0 Å². The molecule has 3 nitrogen and oxygen atoms in total. The summed E-state index contributed by atoms with van der Waals surface area (Å²) in [5, 5.41) is 0. The minimum atomic E-state index is -0.302. The number of methoxy groups -OCH3 is 1. The fourth-order valence-corrected chi connectivity index (χ4v) is 1.97. The Hall–Kier alpha value is -1.84. The molecule has 2 rings (SSSR count). The van der Waals surface area contributed by atoms with E-state index in [1.54, 1.807) is 24.4 Å². The van der Waals surface area contributed by atoms with Crippen molar-refractivity contribution in [2.75, 3.05) is 7.11 Å². The number of halogens is 1. The minimum Gasteiger partial charge on any atom is -0.494 e. The number of aromatic nitrogens is 2. The molecule has 0 unspecified atom stereocenters. The van der Waals surface area contributed by atoms with Gasteiger partial charge in [-0.3, -0.25) is 0 Å². The standard InChI is InChI=1S/C14H17FN2O/c1-10(2)14-16-7-8-17(14)9-11-5-4-6-12(18-3)13(11)15/h4-8,10H,9H2,1-3H3. The van der Waals surface area contributed by atoms with Crippen molar-refractivity contribution >= 4 is 0 Å². The number of imidazole rings is 1. The maximum atomic E-state index is 14.0. The van der Waals surface area contributed by atoms with E-state index < -0.39 is 0 Å². The Kier molecular flexibility index (Phi) is 3.65. The predicted octanol–water partition coefficient (Wildman–Crippen LogP) is 3.20. The Labute approximate surface area is 106 Å². The molecular formula is C14H17FN2O. The average Bonchev–Trinajstić information content (AvgIpc) is 2.80. The van der Waals surface area contributed by atoms with Gasteiger partial charge in [-0.15, -0.1) is 0 Å². The van der Waals surface area contributed by atoms with Crippen LogP contribution in [0.5, 0.6) is 5.75 Å². The molecule has 1 aromatic carbocycles. The summed E-state index contributed by atoms with van der Waals surface area (Å²) in [6, 6.07) is 5.18. The Morgan fingerprint density at radius 2 is 2.17 bits per heavy atom. The summed E-state index contributed by atoms with van der Waals surface area (Å²) in [6.07, 6.45) is 3.61. The average molecular weight is 248 g/mol. The van der Waals surface area contributed by atoms with E-state index in [2.05, 4.69) is 18.8 Å². The molecule has 0 aliphatic heterocycles. The number of hydrogen-bond donors (Lipinski definition) is 0. The van der Waals surface area contributed by atoms with Crippen LogP contribution in [0.15, 0.2) is 30.6 Å². The van der Waals surface area contributed by atoms with Crippen LogP contribution >= 0.6 is 0 Å². The maximum absolute atomic E-state index is 14.0. The SMILES string of the molecule is COc1cccc(Cn2ccnc2C(C)C)c1F. The predicted molar refractivity (Wildman–Crippen MR) is 68.4 cm³/mol. The summed E-state index contributed by atoms with van der Waals surface area (Å²) in [5.74, 6) is 1.24. The van der Waals surface area contributed by atoms with Crippen LogP contribution in [-0.4, -0.2) is 16.7 Å². The zero-order chi connectivity index (χ0) is 13.1. The van der Waals surface area contributed by atoms with Gasteiger partial charge in [0.1, 0.15) is 5.82 Å². The molecule has 0 fully saturated rings. The lowest BCUT2D eigenvalue weighted by molar-refractivity contribution is 0.383. The van der Waals surface area contributed by atoms with Crippen molar-refractivity contribution < 1.29 is 9.13 Å². The van der Waals surface area contributed by atoms with Crippen molar-refractivity contribution in [2.45, 2.75) is 26.3 Å². The molecule has 0 saturated heterocycles. The lowest BCUT2D eigenvalue weighted by Crippen LogP contribution is -2.07. The maximum Gasteiger partial charge on any atom is 0.170 e. The third kappa shape index (κ3) is 2.37. The largest absolute Gasteiger partial charge is 0.494 e. The second kappa shape index (κ2) is 5.21. The van der Waals surface area contributed by atoms with Gasteiger partial charge in [0, 0.05) is 23.9 Å². The Morgan fingerprint density at radius 1 is 1.39 bits per heavy atom. The number of ether oxygens (including phenoxy) is 1. The molecule has 0 spiro atoms. The second-order valence-corrected chi connectivity index (χ2v) is 4.50. The van der Waals surface area contributed by atoms with E-state index >= 15 is 0 Å². The summed E-state index contributed by atoms with van der Waals surface area (Å²) < 4.78 is 21.0. The lowest BCUT2D eigenvalue weighted by Gasteiger charge is -2.12. The van der Waals surface area contributed by atoms with Gasteiger partial charge < -0.3 is 9.30 Å². The molecule has 0 aliphatic carbocycles. The molecule has 1 aromatic heterocycles. The smallest absolute Gasteiger partial charge is 0.170 e. The fraction of sp³-hybridized carbons (Fsp3) is 0.357. The zero-order valence-corrected chi connectivity index (χ0v) is 10.9. The van der Waals surface area contributed by atoms with Crippen LogP contribution in [0.2, 0.25) is 0 Å². The van der Waals surface area contributed by atoms with Gasteiger partial charge in [0.25, 0.3) is 0 Å². The third-order valence-electron chi connectivity index (χ3n) is 2.87. The highest BCUT2D eigenvalue weighted by atomic mass is 19.1. The summed E-state index contributed by atoms with van der Waals surface area (Å²) in [6.45, 7) is 4.61. The molecule has 96 valence electrons. The van der Waals surface area contributed by atoms with E-state index in [1.807, 2.05) is 10.8 Å². The van der Waals surface area contributed by atoms with Crippen molar-refractivity contribution in [3.63, 3.8) is 0 Å². The number of nitrogens with zero attached hydrogens (tertiary/aromatic N) is 2. The molecule has 0 bridgehead atoms. The van der Waals surface area contributed by atoms with Gasteiger partial charge in [-0.05, 0) is 6.07 Å². The Balaban J connectivity index is 2.31. The quantitative estimate of drug-likeness (QED) is 0.830. The second-order valence-electron chi connectivity index (χ2n) is 4.50. The van der Waals surface area contributed by atoms with Crippen molar-refractivity contribution in [3.8, 4) is 5.75 Å². The van der Waals surface area contributed by atoms with E-state index in [-0.39, 0.29) is 11.6 Å². The normalized spacial score (nSPS) is 10.9. The molecule has 0 N–H and O–H groups in total. The Bertz CT molecular complexity index is 534. The molecule has 0 atom stereocenters. The number of hydrogen-bond acceptors (Lipinski definition) is 2. The van der Waals surface area contributed by atoms with Crippen LogP contribution in [0.1, 0.15) is 31.2 Å². The van der Waals surface area contributed by atoms with E-state index in [0.717, 1.165) is 5.82 Å². The monoisotopic (exact) mass is 248 g/mol. The number of benzene rings is 1. The van der Waals surface area contributed by atoms with Crippen LogP contribution in [0.25, 0.3) is 0 Å². The van der Waals surface area contributed by atoms with Gasteiger partial charge in [-0.1, -0.05) is 26.0 Å². The first kappa shape index (κ1) is 12.6. The van der Waals surface area contributed by atoms with Gasteiger partial charge in [-0.25, -0.2) is 9.37 Å². The van der Waals surface area contributed by atoms with Gasteiger partial charge in [-0.2, -0.15) is 0 Å². The summed E-state index contributed by atoms with van der Waals surface area (Å²) in [4.78, 5) is 4.29. The highest BCUT2D eigenvalue weighted by Crippen LogP contribution is 2.22. The highest BCUT2D eigenvalue weighted by molar-refractivity contribution is 5.31. The van der Waals surface area contributed by atoms with Gasteiger partial charge >= 0.3 is 0 Å². The van der Waals surface area contributed by atoms with Crippen LogP contribution in [-0.2, 0) is 6.54 Å². The molecule has 1 heterocycles. The van der Waals surface area contributed by atoms with Gasteiger partial charge in [0.05, 0.1) is 13.7 Å². The molecule has 2 aromatic rings. The summed E-state index contributed by atoms with van der Waals surface area (Å²) in [7, 11) is 1.47. The molecule has 4 heteroatoms. The molecule has 0 radical (unpaired) electrons. The molecule has 0 aliphatic rings. The molecular weight excluding hydrogens is 231 g/mol. The topological polar surface area (TPSA) is 27.1 Å². The summed E-state index contributed by atoms with van der Waals surface area (Å²) >= 11 is 0. The first-order chi connectivity index (χ1) is 8.63. The minimum absolute atomic E-state index is 0.277. The van der Waals surface area contributed by atoms with Crippen molar-refractivity contribution in [3.05, 3.63) is 47.8 Å². The third-order valence-corrected chi connectivity index (χ3v) is 2.87. The lowest BCUT2D eigenvalue weighted by atomic mass is 10.1. The van der Waals surface area contributed by atoms with E-state index in [1.165, 1.54) is 7.11 Å². The first-order valence-corrected chi connectivity index (χ1v) is 5.96. The summed E-state index contributed by atoms with van der Waals surface area (Å²) in [5.41, 5.74) is 0.606. The number of rotatable bonds is 4. The van der Waals surface area contributed by atoms with Crippen molar-refractivity contribution in [1.29, 1.82) is 0 Å².